The highest BCUT2D eigenvalue weighted by Crippen LogP contribution is 2.16. The van der Waals surface area contributed by atoms with Crippen molar-refractivity contribution in [3.05, 3.63) is 71.0 Å². The molecule has 0 aliphatic carbocycles. The molecule has 0 radical (unpaired) electrons. The summed E-state index contributed by atoms with van der Waals surface area (Å²) in [5.41, 5.74) is 8.92. The Morgan fingerprint density at radius 1 is 0.947 bits per heavy atom. The van der Waals surface area contributed by atoms with Crippen molar-refractivity contribution in [3.8, 4) is 0 Å². The third-order valence-corrected chi connectivity index (χ3v) is 2.82. The molecule has 0 amide bonds. The van der Waals surface area contributed by atoms with E-state index in [0.29, 0.717) is 13.7 Å². The molecule has 0 aliphatic heterocycles. The number of rotatable bonds is 4. The van der Waals surface area contributed by atoms with Crippen LogP contribution in [-0.2, 0) is 12.8 Å². The molecule has 2 N–H and O–H groups in total. The first-order valence-corrected chi connectivity index (χ1v) is 6.18. The van der Waals surface area contributed by atoms with Crippen molar-refractivity contribution in [3.63, 3.8) is 0 Å². The molecule has 0 spiro atoms. The molecule has 0 unspecified atom stereocenters. The molecule has 0 aliphatic rings. The van der Waals surface area contributed by atoms with E-state index in [9.17, 15) is 8.78 Å². The average molecular weight is 263 g/mol. The summed E-state index contributed by atoms with van der Waals surface area (Å²) in [4.78, 5) is 0. The number of nitrogens with two attached hydrogens (primary N) is 1. The van der Waals surface area contributed by atoms with E-state index in [1.54, 1.807) is 6.07 Å². The Labute approximate surface area is 113 Å². The maximum Gasteiger partial charge on any atom is 0.123 e. The fourth-order valence-corrected chi connectivity index (χ4v) is 1.97. The predicted molar refractivity (Wildman–Crippen MR) is 75.4 cm³/mol. The van der Waals surface area contributed by atoms with E-state index >= 15 is 0 Å². The van der Waals surface area contributed by atoms with Crippen LogP contribution in [-0.4, -0.2) is 13.7 Å². The summed E-state index contributed by atoms with van der Waals surface area (Å²) >= 11 is 0. The second-order valence-electron chi connectivity index (χ2n) is 4.11. The minimum Gasteiger partial charge on any atom is -0.330 e. The number of benzene rings is 2. The van der Waals surface area contributed by atoms with Gasteiger partial charge in [-0.25, -0.2) is 4.39 Å². The normalized spacial score (nSPS) is 9.68. The van der Waals surface area contributed by atoms with Gasteiger partial charge in [0.2, 0.25) is 0 Å². The van der Waals surface area contributed by atoms with Crippen LogP contribution in [0.3, 0.4) is 0 Å². The van der Waals surface area contributed by atoms with E-state index in [1.807, 2.05) is 24.3 Å². The third kappa shape index (κ3) is 4.79. The zero-order valence-corrected chi connectivity index (χ0v) is 11.1. The van der Waals surface area contributed by atoms with Gasteiger partial charge in [0.1, 0.15) is 5.82 Å². The molecule has 1 nitrogen and oxygen atoms in total. The van der Waals surface area contributed by atoms with Crippen LogP contribution in [0, 0.1) is 5.82 Å². The van der Waals surface area contributed by atoms with Crippen LogP contribution in [0.1, 0.15) is 16.7 Å². The summed E-state index contributed by atoms with van der Waals surface area (Å²) in [6.45, 7) is 0.591. The SMILES string of the molecule is CF.NCCc1ccc(F)cc1Cc1ccccc1. The van der Waals surface area contributed by atoms with Gasteiger partial charge < -0.3 is 5.73 Å². The van der Waals surface area contributed by atoms with E-state index in [4.69, 9.17) is 5.73 Å². The first kappa shape index (κ1) is 15.3. The lowest BCUT2D eigenvalue weighted by Crippen LogP contribution is -2.06. The lowest BCUT2D eigenvalue weighted by Gasteiger charge is -2.09. The van der Waals surface area contributed by atoms with Crippen LogP contribution in [0.4, 0.5) is 8.78 Å². The second kappa shape index (κ2) is 8.38. The van der Waals surface area contributed by atoms with E-state index in [2.05, 4.69) is 12.1 Å². The summed E-state index contributed by atoms with van der Waals surface area (Å²) in [5, 5.41) is 0. The predicted octanol–water partition coefficient (Wildman–Crippen LogP) is 3.50. The number of alkyl halides is 1. The van der Waals surface area contributed by atoms with Gasteiger partial charge in [-0.1, -0.05) is 36.4 Å². The lowest BCUT2D eigenvalue weighted by molar-refractivity contribution is 0.624. The van der Waals surface area contributed by atoms with Crippen LogP contribution in [0.15, 0.2) is 48.5 Å². The minimum atomic E-state index is -0.184. The molecular weight excluding hydrogens is 244 g/mol. The Morgan fingerprint density at radius 2 is 1.63 bits per heavy atom. The third-order valence-electron chi connectivity index (χ3n) is 2.82. The quantitative estimate of drug-likeness (QED) is 0.897. The lowest BCUT2D eigenvalue weighted by atomic mass is 9.98. The molecule has 0 fully saturated rings. The first-order chi connectivity index (χ1) is 9.29. The topological polar surface area (TPSA) is 26.0 Å². The molecule has 3 heteroatoms. The Bertz CT molecular complexity index is 483. The Kier molecular flexibility index (Phi) is 6.75. The second-order valence-corrected chi connectivity index (χ2v) is 4.11. The van der Waals surface area contributed by atoms with Crippen LogP contribution in [0.2, 0.25) is 0 Å². The van der Waals surface area contributed by atoms with Gasteiger partial charge in [-0.2, -0.15) is 0 Å². The average Bonchev–Trinajstić information content (AvgIpc) is 2.45. The van der Waals surface area contributed by atoms with Crippen LogP contribution >= 0.6 is 0 Å². The zero-order valence-electron chi connectivity index (χ0n) is 11.1. The fraction of sp³-hybridized carbons (Fsp3) is 0.250. The highest BCUT2D eigenvalue weighted by molar-refractivity contribution is 5.33. The van der Waals surface area contributed by atoms with Gasteiger partial charge in [-0.05, 0) is 48.2 Å². The van der Waals surface area contributed by atoms with Crippen molar-refractivity contribution in [2.45, 2.75) is 12.8 Å². The molecule has 0 heterocycles. The van der Waals surface area contributed by atoms with Crippen LogP contribution in [0.25, 0.3) is 0 Å². The number of hydrogen-bond acceptors (Lipinski definition) is 1. The maximum atomic E-state index is 13.3. The van der Waals surface area contributed by atoms with Gasteiger partial charge in [0.05, 0.1) is 7.18 Å². The monoisotopic (exact) mass is 263 g/mol. The fourth-order valence-electron chi connectivity index (χ4n) is 1.97. The standard InChI is InChI=1S/C15H16FN.CH3F/c16-15-7-6-13(8-9-17)14(11-15)10-12-4-2-1-3-5-12;1-2/h1-7,11H,8-10,17H2;1H3. The highest BCUT2D eigenvalue weighted by Gasteiger charge is 2.04. The van der Waals surface area contributed by atoms with Crippen molar-refractivity contribution in [2.24, 2.45) is 5.73 Å². The summed E-state index contributed by atoms with van der Waals surface area (Å²) < 4.78 is 22.8. The Balaban J connectivity index is 0.000000861. The van der Waals surface area contributed by atoms with Crippen LogP contribution < -0.4 is 5.73 Å². The highest BCUT2D eigenvalue weighted by atomic mass is 19.1. The van der Waals surface area contributed by atoms with Gasteiger partial charge in [0, 0.05) is 0 Å². The molecule has 0 bridgehead atoms. The van der Waals surface area contributed by atoms with E-state index in [0.717, 1.165) is 24.0 Å². The molecule has 2 aromatic carbocycles. The van der Waals surface area contributed by atoms with E-state index < -0.39 is 0 Å². The van der Waals surface area contributed by atoms with Crippen molar-refractivity contribution in [1.82, 2.24) is 0 Å². The molecule has 19 heavy (non-hydrogen) atoms. The van der Waals surface area contributed by atoms with E-state index in [-0.39, 0.29) is 5.82 Å². The van der Waals surface area contributed by atoms with Crippen LogP contribution in [0.5, 0.6) is 0 Å². The van der Waals surface area contributed by atoms with Gasteiger partial charge in [0.15, 0.2) is 0 Å². The van der Waals surface area contributed by atoms with Gasteiger partial charge in [-0.15, -0.1) is 0 Å². The summed E-state index contributed by atoms with van der Waals surface area (Å²) in [6.07, 6.45) is 1.55. The molecule has 2 rings (SSSR count). The maximum absolute atomic E-state index is 13.3. The molecule has 2 aromatic rings. The smallest absolute Gasteiger partial charge is 0.123 e. The molecular formula is C16H19F2N. The summed E-state index contributed by atoms with van der Waals surface area (Å²) in [7, 11) is 0.500. The van der Waals surface area contributed by atoms with Crippen molar-refractivity contribution in [2.75, 3.05) is 13.7 Å². The summed E-state index contributed by atoms with van der Waals surface area (Å²) in [6, 6.07) is 15.0. The summed E-state index contributed by atoms with van der Waals surface area (Å²) in [5.74, 6) is -0.184. The van der Waals surface area contributed by atoms with E-state index in [1.165, 1.54) is 11.6 Å². The number of hydrogen-bond donors (Lipinski definition) is 1. The van der Waals surface area contributed by atoms with Gasteiger partial charge in [-0.3, -0.25) is 4.39 Å². The van der Waals surface area contributed by atoms with Crippen molar-refractivity contribution in [1.29, 1.82) is 0 Å². The Hall–Kier alpha value is -1.74. The van der Waals surface area contributed by atoms with Crippen molar-refractivity contribution < 1.29 is 8.78 Å². The minimum absolute atomic E-state index is 0.184. The molecule has 102 valence electrons. The van der Waals surface area contributed by atoms with Gasteiger partial charge >= 0.3 is 0 Å². The van der Waals surface area contributed by atoms with Gasteiger partial charge in [0.25, 0.3) is 0 Å². The first-order valence-electron chi connectivity index (χ1n) is 6.18. The number of halogens is 2. The molecule has 0 saturated heterocycles. The zero-order chi connectivity index (χ0) is 14.1. The molecule has 0 saturated carbocycles. The molecule has 0 aromatic heterocycles. The Morgan fingerprint density at radius 3 is 2.26 bits per heavy atom. The largest absolute Gasteiger partial charge is 0.330 e. The molecule has 0 atom stereocenters. The van der Waals surface area contributed by atoms with Crippen molar-refractivity contribution >= 4 is 0 Å².